The topological polar surface area (TPSA) is 50.4 Å². The highest BCUT2D eigenvalue weighted by molar-refractivity contribution is 6.04. The van der Waals surface area contributed by atoms with E-state index in [1.807, 2.05) is 37.3 Å². The highest BCUT2D eigenvalue weighted by atomic mass is 16.5. The van der Waals surface area contributed by atoms with Crippen molar-refractivity contribution in [1.82, 2.24) is 0 Å². The average molecular weight is 282 g/mol. The van der Waals surface area contributed by atoms with E-state index in [0.29, 0.717) is 5.56 Å². The van der Waals surface area contributed by atoms with Gasteiger partial charge in [0.2, 0.25) is 0 Å². The number of carbonyl (C=O) groups excluding carboxylic acids is 1. The van der Waals surface area contributed by atoms with Crippen LogP contribution in [0.25, 0.3) is 0 Å². The Morgan fingerprint density at radius 3 is 2.90 bits per heavy atom. The third-order valence-corrected chi connectivity index (χ3v) is 3.74. The second kappa shape index (κ2) is 5.48. The third-order valence-electron chi connectivity index (χ3n) is 3.74. The van der Waals surface area contributed by atoms with Gasteiger partial charge in [-0.1, -0.05) is 6.07 Å². The zero-order chi connectivity index (χ0) is 14.8. The first-order chi connectivity index (χ1) is 10.2. The molecule has 0 spiro atoms. The molecule has 4 heteroatoms. The van der Waals surface area contributed by atoms with Crippen molar-refractivity contribution in [3.63, 3.8) is 0 Å². The molecule has 2 aromatic carbocycles. The standard InChI is InChI=1S/C17H18N2O2/c1-11-3-4-13(10-16(11)21-2)17(20)19-14-5-6-15-12(9-14)7-8-18-15/h3-6,9-10,18H,7-8H2,1-2H3,(H,19,20). The molecular weight excluding hydrogens is 264 g/mol. The van der Waals surface area contributed by atoms with Gasteiger partial charge < -0.3 is 15.4 Å². The Hall–Kier alpha value is -2.49. The summed E-state index contributed by atoms with van der Waals surface area (Å²) in [5.74, 6) is 0.597. The van der Waals surface area contributed by atoms with Crippen molar-refractivity contribution in [3.8, 4) is 5.75 Å². The molecule has 0 atom stereocenters. The predicted octanol–water partition coefficient (Wildman–Crippen LogP) is 3.22. The highest BCUT2D eigenvalue weighted by Crippen LogP contribution is 2.26. The van der Waals surface area contributed by atoms with Crippen molar-refractivity contribution in [2.45, 2.75) is 13.3 Å². The summed E-state index contributed by atoms with van der Waals surface area (Å²) in [7, 11) is 1.61. The van der Waals surface area contributed by atoms with Crippen molar-refractivity contribution in [2.24, 2.45) is 0 Å². The Morgan fingerprint density at radius 2 is 2.10 bits per heavy atom. The lowest BCUT2D eigenvalue weighted by atomic mass is 10.1. The molecule has 0 bridgehead atoms. The number of anilines is 2. The molecule has 0 aromatic heterocycles. The van der Waals surface area contributed by atoms with Crippen molar-refractivity contribution in [3.05, 3.63) is 53.1 Å². The second-order valence-corrected chi connectivity index (χ2v) is 5.19. The van der Waals surface area contributed by atoms with Gasteiger partial charge in [-0.25, -0.2) is 0 Å². The van der Waals surface area contributed by atoms with E-state index >= 15 is 0 Å². The lowest BCUT2D eigenvalue weighted by Crippen LogP contribution is -2.12. The zero-order valence-corrected chi connectivity index (χ0v) is 12.2. The predicted molar refractivity (Wildman–Crippen MR) is 84.3 cm³/mol. The van der Waals surface area contributed by atoms with Crippen LogP contribution >= 0.6 is 0 Å². The molecular formula is C17H18N2O2. The van der Waals surface area contributed by atoms with Gasteiger partial charge in [0.15, 0.2) is 0 Å². The van der Waals surface area contributed by atoms with Gasteiger partial charge in [0.25, 0.3) is 5.91 Å². The fourth-order valence-electron chi connectivity index (χ4n) is 2.55. The summed E-state index contributed by atoms with van der Waals surface area (Å²) in [5.41, 5.74) is 4.83. The molecule has 1 aliphatic heterocycles. The molecule has 1 amide bonds. The number of ether oxygens (including phenoxy) is 1. The van der Waals surface area contributed by atoms with Crippen LogP contribution in [0.15, 0.2) is 36.4 Å². The van der Waals surface area contributed by atoms with Crippen molar-refractivity contribution in [1.29, 1.82) is 0 Å². The molecule has 0 saturated heterocycles. The summed E-state index contributed by atoms with van der Waals surface area (Å²) in [6.07, 6.45) is 0.997. The van der Waals surface area contributed by atoms with Gasteiger partial charge in [-0.05, 0) is 54.8 Å². The number of carbonyl (C=O) groups is 1. The fourth-order valence-corrected chi connectivity index (χ4v) is 2.55. The van der Waals surface area contributed by atoms with E-state index in [0.717, 1.165) is 35.7 Å². The number of hydrogen-bond donors (Lipinski definition) is 2. The minimum atomic E-state index is -0.126. The van der Waals surface area contributed by atoms with E-state index in [-0.39, 0.29) is 5.91 Å². The lowest BCUT2D eigenvalue weighted by Gasteiger charge is -2.09. The summed E-state index contributed by atoms with van der Waals surface area (Å²) in [6.45, 7) is 2.91. The van der Waals surface area contributed by atoms with Gasteiger partial charge in [0.1, 0.15) is 5.75 Å². The molecule has 108 valence electrons. The minimum Gasteiger partial charge on any atom is -0.496 e. The van der Waals surface area contributed by atoms with Gasteiger partial charge in [-0.3, -0.25) is 4.79 Å². The van der Waals surface area contributed by atoms with Gasteiger partial charge in [-0.15, -0.1) is 0 Å². The van der Waals surface area contributed by atoms with Crippen LogP contribution in [-0.4, -0.2) is 19.6 Å². The first-order valence-electron chi connectivity index (χ1n) is 7.00. The molecule has 0 radical (unpaired) electrons. The van der Waals surface area contributed by atoms with Crippen LogP contribution < -0.4 is 15.4 Å². The van der Waals surface area contributed by atoms with Gasteiger partial charge >= 0.3 is 0 Å². The van der Waals surface area contributed by atoms with Crippen LogP contribution in [0, 0.1) is 6.92 Å². The van der Waals surface area contributed by atoms with Crippen LogP contribution in [0.4, 0.5) is 11.4 Å². The van der Waals surface area contributed by atoms with Gasteiger partial charge in [0.05, 0.1) is 7.11 Å². The Labute approximate surface area is 124 Å². The van der Waals surface area contributed by atoms with E-state index in [1.54, 1.807) is 13.2 Å². The summed E-state index contributed by atoms with van der Waals surface area (Å²) < 4.78 is 5.26. The summed E-state index contributed by atoms with van der Waals surface area (Å²) >= 11 is 0. The number of aryl methyl sites for hydroxylation is 1. The van der Waals surface area contributed by atoms with E-state index in [4.69, 9.17) is 4.74 Å². The Kier molecular flexibility index (Phi) is 3.52. The lowest BCUT2D eigenvalue weighted by molar-refractivity contribution is 0.102. The number of rotatable bonds is 3. The number of benzene rings is 2. The SMILES string of the molecule is COc1cc(C(=O)Nc2ccc3c(c2)CCN3)ccc1C. The van der Waals surface area contributed by atoms with Crippen molar-refractivity contribution in [2.75, 3.05) is 24.3 Å². The highest BCUT2D eigenvalue weighted by Gasteiger charge is 2.12. The molecule has 21 heavy (non-hydrogen) atoms. The number of amides is 1. The number of fused-ring (bicyclic) bond motifs is 1. The quantitative estimate of drug-likeness (QED) is 0.908. The largest absolute Gasteiger partial charge is 0.496 e. The molecule has 0 aliphatic carbocycles. The maximum absolute atomic E-state index is 12.3. The first kappa shape index (κ1) is 13.5. The van der Waals surface area contributed by atoms with Crippen LogP contribution in [0.2, 0.25) is 0 Å². The van der Waals surface area contributed by atoms with Crippen LogP contribution in [0.1, 0.15) is 21.5 Å². The molecule has 0 unspecified atom stereocenters. The van der Waals surface area contributed by atoms with Crippen LogP contribution in [0.5, 0.6) is 5.75 Å². The number of methoxy groups -OCH3 is 1. The maximum Gasteiger partial charge on any atom is 0.255 e. The average Bonchev–Trinajstić information content (AvgIpc) is 2.95. The van der Waals surface area contributed by atoms with Crippen LogP contribution in [-0.2, 0) is 6.42 Å². The Morgan fingerprint density at radius 1 is 1.24 bits per heavy atom. The number of nitrogens with one attached hydrogen (secondary N) is 2. The van der Waals surface area contributed by atoms with E-state index in [1.165, 1.54) is 5.56 Å². The van der Waals surface area contributed by atoms with Crippen molar-refractivity contribution < 1.29 is 9.53 Å². The maximum atomic E-state index is 12.3. The summed E-state index contributed by atoms with van der Waals surface area (Å²) in [6, 6.07) is 11.4. The summed E-state index contributed by atoms with van der Waals surface area (Å²) in [4.78, 5) is 12.3. The Balaban J connectivity index is 1.80. The number of hydrogen-bond acceptors (Lipinski definition) is 3. The summed E-state index contributed by atoms with van der Waals surface area (Å²) in [5, 5.41) is 6.24. The molecule has 2 aromatic rings. The third kappa shape index (κ3) is 2.70. The second-order valence-electron chi connectivity index (χ2n) is 5.19. The van der Waals surface area contributed by atoms with Gasteiger partial charge in [0, 0.05) is 23.5 Å². The van der Waals surface area contributed by atoms with E-state index < -0.39 is 0 Å². The van der Waals surface area contributed by atoms with Gasteiger partial charge in [-0.2, -0.15) is 0 Å². The molecule has 0 saturated carbocycles. The molecule has 2 N–H and O–H groups in total. The van der Waals surface area contributed by atoms with E-state index in [9.17, 15) is 4.79 Å². The fraction of sp³-hybridized carbons (Fsp3) is 0.235. The van der Waals surface area contributed by atoms with Crippen molar-refractivity contribution >= 4 is 17.3 Å². The zero-order valence-electron chi connectivity index (χ0n) is 12.2. The smallest absolute Gasteiger partial charge is 0.255 e. The normalized spacial score (nSPS) is 12.5. The minimum absolute atomic E-state index is 0.126. The Bertz CT molecular complexity index is 695. The van der Waals surface area contributed by atoms with E-state index in [2.05, 4.69) is 10.6 Å². The molecule has 0 fully saturated rings. The van der Waals surface area contributed by atoms with Crippen LogP contribution in [0.3, 0.4) is 0 Å². The molecule has 3 rings (SSSR count). The monoisotopic (exact) mass is 282 g/mol. The molecule has 1 heterocycles. The molecule has 1 aliphatic rings. The first-order valence-corrected chi connectivity index (χ1v) is 7.00. The molecule has 4 nitrogen and oxygen atoms in total.